The number of para-hydroxylation sites is 1. The Morgan fingerprint density at radius 3 is 2.92 bits per heavy atom. The molecule has 0 bridgehead atoms. The van der Waals surface area contributed by atoms with Crippen LogP contribution in [0.5, 0.6) is 0 Å². The monoisotopic (exact) mass is 357 g/mol. The summed E-state index contributed by atoms with van der Waals surface area (Å²) < 4.78 is 7.87. The molecule has 3 aromatic heterocycles. The van der Waals surface area contributed by atoms with Gasteiger partial charge in [0.2, 0.25) is 0 Å². The van der Waals surface area contributed by atoms with Crippen LogP contribution in [0.4, 0.5) is 0 Å². The first-order valence-electron chi connectivity index (χ1n) is 7.74. The largest absolute Gasteiger partial charge is 0.454 e. The molecule has 0 radical (unpaired) electrons. The molecule has 4 rings (SSSR count). The summed E-state index contributed by atoms with van der Waals surface area (Å²) in [4.78, 5) is 4.76. The van der Waals surface area contributed by atoms with E-state index < -0.39 is 0 Å². The van der Waals surface area contributed by atoms with Gasteiger partial charge >= 0.3 is 0 Å². The minimum atomic E-state index is 0.202. The van der Waals surface area contributed by atoms with Crippen LogP contribution in [0.2, 0.25) is 5.02 Å². The van der Waals surface area contributed by atoms with E-state index in [1.54, 1.807) is 17.5 Å². The molecule has 0 aliphatic rings. The van der Waals surface area contributed by atoms with E-state index in [9.17, 15) is 0 Å². The van der Waals surface area contributed by atoms with Crippen molar-refractivity contribution in [2.24, 2.45) is 0 Å². The lowest BCUT2D eigenvalue weighted by Crippen LogP contribution is -2.08. The summed E-state index contributed by atoms with van der Waals surface area (Å²) >= 11 is 7.59. The second-order valence-electron chi connectivity index (χ2n) is 5.87. The molecule has 0 N–H and O–H groups in total. The molecule has 0 spiro atoms. The maximum Gasteiger partial charge on any atom is 0.157 e. The van der Waals surface area contributed by atoms with Gasteiger partial charge in [0.15, 0.2) is 5.76 Å². The molecule has 0 saturated carbocycles. The minimum absolute atomic E-state index is 0.202. The molecule has 0 aliphatic heterocycles. The van der Waals surface area contributed by atoms with Crippen molar-refractivity contribution in [2.45, 2.75) is 26.3 Å². The molecular formula is C18H16ClN3OS. The van der Waals surface area contributed by atoms with Crippen LogP contribution in [0.1, 0.15) is 23.5 Å². The Morgan fingerprint density at radius 2 is 2.17 bits per heavy atom. The van der Waals surface area contributed by atoms with Crippen LogP contribution in [-0.2, 0) is 6.42 Å². The molecule has 1 atom stereocenters. The normalized spacial score (nSPS) is 12.8. The second-order valence-corrected chi connectivity index (χ2v) is 7.25. The van der Waals surface area contributed by atoms with E-state index >= 15 is 0 Å². The zero-order valence-corrected chi connectivity index (χ0v) is 14.9. The van der Waals surface area contributed by atoms with Gasteiger partial charge in [0, 0.05) is 28.9 Å². The van der Waals surface area contributed by atoms with Crippen molar-refractivity contribution in [1.82, 2.24) is 14.8 Å². The number of rotatable bonds is 4. The van der Waals surface area contributed by atoms with Gasteiger partial charge in [0.05, 0.1) is 22.3 Å². The van der Waals surface area contributed by atoms with Crippen molar-refractivity contribution in [1.29, 1.82) is 0 Å². The Morgan fingerprint density at radius 1 is 1.33 bits per heavy atom. The third-order valence-corrected chi connectivity index (χ3v) is 5.19. The highest BCUT2D eigenvalue weighted by Gasteiger charge is 2.16. The van der Waals surface area contributed by atoms with Crippen LogP contribution >= 0.6 is 22.9 Å². The van der Waals surface area contributed by atoms with Crippen molar-refractivity contribution >= 4 is 33.9 Å². The van der Waals surface area contributed by atoms with Gasteiger partial charge in [-0.2, -0.15) is 5.10 Å². The van der Waals surface area contributed by atoms with Gasteiger partial charge in [-0.25, -0.2) is 4.98 Å². The molecule has 0 aliphatic carbocycles. The average Bonchev–Trinajstić information content (AvgIpc) is 3.27. The lowest BCUT2D eigenvalue weighted by Gasteiger charge is -2.09. The summed E-state index contributed by atoms with van der Waals surface area (Å²) in [6.07, 6.45) is 4.30. The fourth-order valence-electron chi connectivity index (χ4n) is 2.83. The van der Waals surface area contributed by atoms with Crippen molar-refractivity contribution in [3.8, 4) is 11.5 Å². The zero-order valence-electron chi connectivity index (χ0n) is 13.4. The summed E-state index contributed by atoms with van der Waals surface area (Å²) in [5.41, 5.74) is 2.93. The van der Waals surface area contributed by atoms with Crippen LogP contribution in [0.15, 0.2) is 46.5 Å². The van der Waals surface area contributed by atoms with Gasteiger partial charge in [0.1, 0.15) is 11.3 Å². The molecule has 6 heteroatoms. The Kier molecular flexibility index (Phi) is 3.90. The van der Waals surface area contributed by atoms with Crippen LogP contribution in [0, 0.1) is 6.92 Å². The maximum absolute atomic E-state index is 6.00. The Bertz CT molecular complexity index is 1000. The SMILES string of the molecule is Cc1c(-c2csc(C[C@H](C)n3cc(Cl)cn3)n2)oc2ccccc12. The Labute approximate surface area is 148 Å². The van der Waals surface area contributed by atoms with Crippen LogP contribution in [0.3, 0.4) is 0 Å². The molecule has 24 heavy (non-hydrogen) atoms. The molecule has 4 nitrogen and oxygen atoms in total. The number of benzene rings is 1. The number of aromatic nitrogens is 3. The van der Waals surface area contributed by atoms with Gasteiger partial charge in [-0.05, 0) is 19.9 Å². The average molecular weight is 358 g/mol. The quantitative estimate of drug-likeness (QED) is 0.483. The highest BCUT2D eigenvalue weighted by atomic mass is 35.5. The standard InChI is InChI=1S/C18H16ClN3OS/c1-11(22-9-13(19)8-20-22)7-17-21-15(10-24-17)18-12(2)14-5-3-4-6-16(14)23-18/h3-6,8-11H,7H2,1-2H3/t11-/m0/s1. The van der Waals surface area contributed by atoms with Crippen molar-refractivity contribution in [3.63, 3.8) is 0 Å². The number of halogens is 1. The number of fused-ring (bicyclic) bond motifs is 1. The van der Waals surface area contributed by atoms with Gasteiger partial charge in [0.25, 0.3) is 0 Å². The molecule has 0 fully saturated rings. The smallest absolute Gasteiger partial charge is 0.157 e. The number of hydrogen-bond acceptors (Lipinski definition) is 4. The predicted molar refractivity (Wildman–Crippen MR) is 97.7 cm³/mol. The van der Waals surface area contributed by atoms with Crippen molar-refractivity contribution < 1.29 is 4.42 Å². The van der Waals surface area contributed by atoms with Crippen molar-refractivity contribution in [2.75, 3.05) is 0 Å². The summed E-state index contributed by atoms with van der Waals surface area (Å²) in [6.45, 7) is 4.19. The van der Waals surface area contributed by atoms with Crippen LogP contribution in [-0.4, -0.2) is 14.8 Å². The summed E-state index contributed by atoms with van der Waals surface area (Å²) in [5, 5.41) is 9.17. The van der Waals surface area contributed by atoms with Gasteiger partial charge in [-0.1, -0.05) is 29.8 Å². The molecule has 4 aromatic rings. The van der Waals surface area contributed by atoms with E-state index in [4.69, 9.17) is 21.0 Å². The third kappa shape index (κ3) is 2.74. The number of nitrogens with zero attached hydrogens (tertiary/aromatic N) is 3. The summed E-state index contributed by atoms with van der Waals surface area (Å²) in [5.74, 6) is 0.855. The van der Waals surface area contributed by atoms with E-state index in [1.165, 1.54) is 0 Å². The Hall–Kier alpha value is -2.11. The fraction of sp³-hybridized carbons (Fsp3) is 0.222. The zero-order chi connectivity index (χ0) is 16.7. The number of hydrogen-bond donors (Lipinski definition) is 0. The molecule has 0 amide bonds. The van der Waals surface area contributed by atoms with E-state index in [-0.39, 0.29) is 6.04 Å². The van der Waals surface area contributed by atoms with E-state index in [1.807, 2.05) is 29.1 Å². The second kappa shape index (κ2) is 6.07. The molecule has 1 aromatic carbocycles. The minimum Gasteiger partial charge on any atom is -0.454 e. The van der Waals surface area contributed by atoms with Crippen LogP contribution < -0.4 is 0 Å². The predicted octanol–water partition coefficient (Wildman–Crippen LogP) is 5.52. The first-order chi connectivity index (χ1) is 11.6. The first kappa shape index (κ1) is 15.4. The topological polar surface area (TPSA) is 43.9 Å². The van der Waals surface area contributed by atoms with E-state index in [0.717, 1.165) is 39.4 Å². The molecular weight excluding hydrogens is 342 g/mol. The number of furan rings is 1. The lowest BCUT2D eigenvalue weighted by molar-refractivity contribution is 0.488. The van der Waals surface area contributed by atoms with Gasteiger partial charge in [-0.3, -0.25) is 4.68 Å². The van der Waals surface area contributed by atoms with Gasteiger partial charge < -0.3 is 4.42 Å². The first-order valence-corrected chi connectivity index (χ1v) is 9.00. The van der Waals surface area contributed by atoms with E-state index in [2.05, 4.69) is 30.4 Å². The van der Waals surface area contributed by atoms with Crippen LogP contribution in [0.25, 0.3) is 22.4 Å². The number of thiazole rings is 1. The third-order valence-electron chi connectivity index (χ3n) is 4.12. The van der Waals surface area contributed by atoms with Crippen molar-refractivity contribution in [3.05, 3.63) is 57.6 Å². The Balaban J connectivity index is 1.61. The molecule has 0 saturated heterocycles. The summed E-state index contributed by atoms with van der Waals surface area (Å²) in [7, 11) is 0. The van der Waals surface area contributed by atoms with Gasteiger partial charge in [-0.15, -0.1) is 11.3 Å². The molecule has 122 valence electrons. The fourth-order valence-corrected chi connectivity index (χ4v) is 3.87. The van der Waals surface area contributed by atoms with E-state index in [0.29, 0.717) is 5.02 Å². The molecule has 0 unspecified atom stereocenters. The number of aryl methyl sites for hydroxylation is 1. The maximum atomic E-state index is 6.00. The lowest BCUT2D eigenvalue weighted by atomic mass is 10.1. The highest BCUT2D eigenvalue weighted by molar-refractivity contribution is 7.09. The molecule has 3 heterocycles. The highest BCUT2D eigenvalue weighted by Crippen LogP contribution is 2.33. The summed E-state index contributed by atoms with van der Waals surface area (Å²) in [6, 6.07) is 8.28.